The van der Waals surface area contributed by atoms with Gasteiger partial charge in [0, 0.05) is 30.6 Å². The number of fused-ring (bicyclic) bond motifs is 5. The Bertz CT molecular complexity index is 924. The fraction of sp³-hybridized carbons (Fsp3) is 0.821. The highest BCUT2D eigenvalue weighted by Gasteiger charge is 2.75. The van der Waals surface area contributed by atoms with Crippen LogP contribution in [0.25, 0.3) is 0 Å². The number of aliphatic hydroxyl groups excluding tert-OH is 1. The van der Waals surface area contributed by atoms with Crippen molar-refractivity contribution in [3.05, 3.63) is 11.6 Å². The van der Waals surface area contributed by atoms with Gasteiger partial charge in [0.1, 0.15) is 18.0 Å². The van der Waals surface area contributed by atoms with Gasteiger partial charge in [0.15, 0.2) is 0 Å². The zero-order chi connectivity index (χ0) is 25.9. The van der Waals surface area contributed by atoms with Crippen LogP contribution in [0.2, 0.25) is 0 Å². The van der Waals surface area contributed by atoms with E-state index in [1.54, 1.807) is 0 Å². The van der Waals surface area contributed by atoms with E-state index in [2.05, 4.69) is 13.0 Å². The summed E-state index contributed by atoms with van der Waals surface area (Å²) < 4.78 is 12.2. The summed E-state index contributed by atoms with van der Waals surface area (Å²) in [4.78, 5) is 38.4. The molecule has 0 heterocycles. The molecule has 0 spiro atoms. The van der Waals surface area contributed by atoms with Gasteiger partial charge in [-0.05, 0) is 62.7 Å². The van der Waals surface area contributed by atoms with Crippen LogP contribution in [-0.2, 0) is 23.9 Å². The molecule has 2 N–H and O–H groups in total. The molecule has 7 nitrogen and oxygen atoms in total. The minimum absolute atomic E-state index is 0.0487. The van der Waals surface area contributed by atoms with E-state index in [-0.39, 0.29) is 30.0 Å². The number of rotatable bonds is 5. The molecule has 0 aromatic heterocycles. The Labute approximate surface area is 208 Å². The molecular weight excluding hydrogens is 448 g/mol. The third-order valence-electron chi connectivity index (χ3n) is 9.93. The van der Waals surface area contributed by atoms with Crippen LogP contribution in [0.4, 0.5) is 0 Å². The normalized spacial score (nSPS) is 44.5. The van der Waals surface area contributed by atoms with Crippen LogP contribution in [0.1, 0.15) is 86.5 Å². The standard InChI is InChI=1S/C28H42O7/c1-15(2)13-22(32)35-25-24(34-17(4)30)23-21(8-7-18-14-19(31)9-11-26(18,23)5)28(33)12-10-20(16(3)29)27(25,28)6/h7,15,19-21,23-25,31,33H,8-14H2,1-6H3. The number of esters is 2. The van der Waals surface area contributed by atoms with Crippen molar-refractivity contribution in [2.24, 2.45) is 34.5 Å². The maximum atomic E-state index is 13.1. The van der Waals surface area contributed by atoms with Gasteiger partial charge in [-0.15, -0.1) is 0 Å². The minimum atomic E-state index is -1.26. The summed E-state index contributed by atoms with van der Waals surface area (Å²) in [7, 11) is 0. The van der Waals surface area contributed by atoms with Crippen LogP contribution in [0.3, 0.4) is 0 Å². The number of ether oxygens (including phenoxy) is 2. The number of ketones is 1. The SMILES string of the molecule is CC(=O)OC1C2C(CC=C3CC(O)CCC32C)C2(O)CCC(C(C)=O)C2(C)C1OC(=O)CC(C)C. The summed E-state index contributed by atoms with van der Waals surface area (Å²) in [6.45, 7) is 10.7. The van der Waals surface area contributed by atoms with Gasteiger partial charge in [-0.3, -0.25) is 14.4 Å². The van der Waals surface area contributed by atoms with E-state index in [9.17, 15) is 24.6 Å². The molecular formula is C28H42O7. The molecule has 0 radical (unpaired) electrons. The quantitative estimate of drug-likeness (QED) is 0.446. The highest BCUT2D eigenvalue weighted by molar-refractivity contribution is 5.80. The number of hydrogen-bond donors (Lipinski definition) is 2. The molecule has 9 unspecified atom stereocenters. The largest absolute Gasteiger partial charge is 0.458 e. The third kappa shape index (κ3) is 3.97. The Morgan fingerprint density at radius 1 is 1.11 bits per heavy atom. The topological polar surface area (TPSA) is 110 Å². The fourth-order valence-electron chi connectivity index (χ4n) is 8.32. The number of carbonyl (C=O) groups is 3. The zero-order valence-electron chi connectivity index (χ0n) is 22.0. The minimum Gasteiger partial charge on any atom is -0.458 e. The van der Waals surface area contributed by atoms with E-state index in [1.807, 2.05) is 20.8 Å². The molecule has 0 bridgehead atoms. The first-order valence-corrected chi connectivity index (χ1v) is 13.2. The Morgan fingerprint density at radius 3 is 2.40 bits per heavy atom. The number of Topliss-reactive ketones (excluding diaryl/α,β-unsaturated/α-hetero) is 1. The van der Waals surface area contributed by atoms with E-state index in [1.165, 1.54) is 13.8 Å². The van der Waals surface area contributed by atoms with Crippen LogP contribution in [0.5, 0.6) is 0 Å². The molecule has 4 rings (SSSR count). The molecule has 196 valence electrons. The highest BCUT2D eigenvalue weighted by Crippen LogP contribution is 2.69. The molecule has 0 aliphatic heterocycles. The first kappa shape index (κ1) is 26.3. The molecule has 3 fully saturated rings. The van der Waals surface area contributed by atoms with E-state index in [0.717, 1.165) is 5.57 Å². The van der Waals surface area contributed by atoms with Crippen molar-refractivity contribution in [2.45, 2.75) is 110 Å². The van der Waals surface area contributed by atoms with Crippen molar-refractivity contribution >= 4 is 17.7 Å². The molecule has 7 heteroatoms. The lowest BCUT2D eigenvalue weighted by atomic mass is 9.44. The summed E-state index contributed by atoms with van der Waals surface area (Å²) in [6, 6.07) is 0. The highest BCUT2D eigenvalue weighted by atomic mass is 16.6. The second-order valence-corrected chi connectivity index (χ2v) is 12.4. The third-order valence-corrected chi connectivity index (χ3v) is 9.93. The van der Waals surface area contributed by atoms with Gasteiger partial charge < -0.3 is 19.7 Å². The van der Waals surface area contributed by atoms with Crippen LogP contribution in [0.15, 0.2) is 11.6 Å². The molecule has 0 amide bonds. The van der Waals surface area contributed by atoms with Gasteiger partial charge in [-0.25, -0.2) is 0 Å². The van der Waals surface area contributed by atoms with Crippen molar-refractivity contribution in [1.29, 1.82) is 0 Å². The number of hydrogen-bond acceptors (Lipinski definition) is 7. The van der Waals surface area contributed by atoms with Crippen molar-refractivity contribution in [3.63, 3.8) is 0 Å². The predicted molar refractivity (Wildman–Crippen MR) is 129 cm³/mol. The van der Waals surface area contributed by atoms with Crippen molar-refractivity contribution in [2.75, 3.05) is 0 Å². The van der Waals surface area contributed by atoms with Gasteiger partial charge in [0.25, 0.3) is 0 Å². The summed E-state index contributed by atoms with van der Waals surface area (Å²) in [5, 5.41) is 22.9. The Hall–Kier alpha value is -1.73. The number of carbonyl (C=O) groups excluding carboxylic acids is 3. The van der Waals surface area contributed by atoms with Gasteiger partial charge in [-0.2, -0.15) is 0 Å². The van der Waals surface area contributed by atoms with E-state index < -0.39 is 52.6 Å². The number of allylic oxidation sites excluding steroid dienone is 1. The Balaban J connectivity index is 1.90. The summed E-state index contributed by atoms with van der Waals surface area (Å²) in [5.41, 5.74) is -1.64. The number of aliphatic hydroxyl groups is 2. The molecule has 35 heavy (non-hydrogen) atoms. The van der Waals surface area contributed by atoms with Gasteiger partial charge >= 0.3 is 11.9 Å². The van der Waals surface area contributed by atoms with Crippen molar-refractivity contribution in [1.82, 2.24) is 0 Å². The fourth-order valence-corrected chi connectivity index (χ4v) is 8.32. The molecule has 3 saturated carbocycles. The second kappa shape index (κ2) is 8.98. The van der Waals surface area contributed by atoms with Gasteiger partial charge in [0.2, 0.25) is 0 Å². The molecule has 4 aliphatic rings. The lowest BCUT2D eigenvalue weighted by molar-refractivity contribution is -0.274. The van der Waals surface area contributed by atoms with Crippen LogP contribution in [-0.4, -0.2) is 51.8 Å². The monoisotopic (exact) mass is 490 g/mol. The summed E-state index contributed by atoms with van der Waals surface area (Å²) >= 11 is 0. The van der Waals surface area contributed by atoms with Crippen LogP contribution >= 0.6 is 0 Å². The van der Waals surface area contributed by atoms with E-state index >= 15 is 0 Å². The first-order chi connectivity index (χ1) is 16.3. The molecule has 4 aliphatic carbocycles. The summed E-state index contributed by atoms with van der Waals surface area (Å²) in [5.74, 6) is -1.91. The van der Waals surface area contributed by atoms with Gasteiger partial charge in [0.05, 0.1) is 11.7 Å². The maximum absolute atomic E-state index is 13.1. The smallest absolute Gasteiger partial charge is 0.306 e. The van der Waals surface area contributed by atoms with E-state index in [0.29, 0.717) is 38.5 Å². The van der Waals surface area contributed by atoms with Crippen molar-refractivity contribution < 1.29 is 34.1 Å². The van der Waals surface area contributed by atoms with Gasteiger partial charge in [-0.1, -0.05) is 39.3 Å². The molecule has 0 saturated heterocycles. The Kier molecular flexibility index (Phi) is 6.76. The molecule has 0 aromatic carbocycles. The average molecular weight is 491 g/mol. The Morgan fingerprint density at radius 2 is 1.80 bits per heavy atom. The maximum Gasteiger partial charge on any atom is 0.306 e. The lowest BCUT2D eigenvalue weighted by Crippen LogP contribution is -2.72. The second-order valence-electron chi connectivity index (χ2n) is 12.4. The van der Waals surface area contributed by atoms with Crippen LogP contribution < -0.4 is 0 Å². The molecule has 0 aromatic rings. The average Bonchev–Trinajstić information content (AvgIpc) is 3.02. The van der Waals surface area contributed by atoms with Crippen molar-refractivity contribution in [3.8, 4) is 0 Å². The summed E-state index contributed by atoms with van der Waals surface area (Å²) in [6.07, 6.45) is 3.57. The molecule has 9 atom stereocenters. The predicted octanol–water partition coefficient (Wildman–Crippen LogP) is 3.74. The van der Waals surface area contributed by atoms with Crippen LogP contribution in [0, 0.1) is 34.5 Å². The van der Waals surface area contributed by atoms with E-state index in [4.69, 9.17) is 9.47 Å². The zero-order valence-corrected chi connectivity index (χ0v) is 22.0. The first-order valence-electron chi connectivity index (χ1n) is 13.2. The lowest BCUT2D eigenvalue weighted by Gasteiger charge is -2.64.